The molecule has 0 saturated heterocycles. The molecule has 1 N–H and O–H groups in total. The molecule has 0 spiro atoms. The second-order valence-corrected chi connectivity index (χ2v) is 7.71. The number of hydrogen-bond acceptors (Lipinski definition) is 4. The van der Waals surface area contributed by atoms with Crippen LogP contribution in [0.1, 0.15) is 32.9 Å². The van der Waals surface area contributed by atoms with Crippen LogP contribution in [0, 0.1) is 20.8 Å². The summed E-state index contributed by atoms with van der Waals surface area (Å²) >= 11 is 1.49. The molecule has 0 atom stereocenters. The zero-order valence-corrected chi connectivity index (χ0v) is 16.3. The van der Waals surface area contributed by atoms with E-state index in [4.69, 9.17) is 0 Å². The molecular weight excluding hydrogens is 356 g/mol. The van der Waals surface area contributed by atoms with E-state index in [1.807, 2.05) is 74.0 Å². The first-order valence-corrected chi connectivity index (χ1v) is 9.59. The molecule has 0 bridgehead atoms. The van der Waals surface area contributed by atoms with Gasteiger partial charge in [-0.2, -0.15) is 5.10 Å². The van der Waals surface area contributed by atoms with Crippen molar-refractivity contribution in [3.63, 3.8) is 0 Å². The van der Waals surface area contributed by atoms with E-state index in [1.54, 1.807) is 0 Å². The largest absolute Gasteiger partial charge is 0.298 e. The Balaban J connectivity index is 1.54. The Morgan fingerprint density at radius 3 is 2.67 bits per heavy atom. The number of fused-ring (bicyclic) bond motifs is 1. The first-order valence-electron chi connectivity index (χ1n) is 8.77. The number of nitrogens with zero attached hydrogens (tertiary/aromatic N) is 3. The third kappa shape index (κ3) is 3.61. The first-order chi connectivity index (χ1) is 13.0. The molecule has 0 saturated carbocycles. The van der Waals surface area contributed by atoms with Gasteiger partial charge in [0.05, 0.1) is 22.5 Å². The van der Waals surface area contributed by atoms with Gasteiger partial charge in [0.2, 0.25) is 0 Å². The SMILES string of the molecule is Cc1cc(C)n(Cc2cccc(C(=O)Nc3nc4c(C)cccc4s3)c2)n1. The van der Waals surface area contributed by atoms with Crippen molar-refractivity contribution < 1.29 is 4.79 Å². The van der Waals surface area contributed by atoms with E-state index in [9.17, 15) is 4.79 Å². The lowest BCUT2D eigenvalue weighted by atomic mass is 10.1. The second-order valence-electron chi connectivity index (χ2n) is 6.68. The molecule has 27 heavy (non-hydrogen) atoms. The van der Waals surface area contributed by atoms with Crippen LogP contribution in [-0.4, -0.2) is 20.7 Å². The highest BCUT2D eigenvalue weighted by Gasteiger charge is 2.12. The first kappa shape index (κ1) is 17.4. The molecule has 2 aromatic heterocycles. The zero-order chi connectivity index (χ0) is 19.0. The van der Waals surface area contributed by atoms with Crippen molar-refractivity contribution in [2.24, 2.45) is 0 Å². The Labute approximate surface area is 161 Å². The second kappa shape index (κ2) is 6.96. The molecule has 0 aliphatic rings. The fourth-order valence-electron chi connectivity index (χ4n) is 3.13. The minimum atomic E-state index is -0.151. The summed E-state index contributed by atoms with van der Waals surface area (Å²) in [4.78, 5) is 17.2. The molecule has 0 aliphatic carbocycles. The van der Waals surface area contributed by atoms with Crippen molar-refractivity contribution in [2.75, 3.05) is 5.32 Å². The number of hydrogen-bond donors (Lipinski definition) is 1. The topological polar surface area (TPSA) is 59.8 Å². The number of benzene rings is 2. The number of aromatic nitrogens is 3. The molecule has 0 unspecified atom stereocenters. The fraction of sp³-hybridized carbons (Fsp3) is 0.190. The van der Waals surface area contributed by atoms with Gasteiger partial charge in [-0.05, 0) is 56.2 Å². The van der Waals surface area contributed by atoms with Crippen LogP contribution in [-0.2, 0) is 6.54 Å². The third-order valence-electron chi connectivity index (χ3n) is 4.47. The van der Waals surface area contributed by atoms with E-state index < -0.39 is 0 Å². The van der Waals surface area contributed by atoms with Gasteiger partial charge in [0, 0.05) is 11.3 Å². The molecular formula is C21H20N4OS. The number of nitrogens with one attached hydrogen (secondary N) is 1. The number of aryl methyl sites for hydroxylation is 3. The standard InChI is InChI=1S/C21H20N4OS/c1-13-6-4-9-18-19(13)22-21(27-18)23-20(26)17-8-5-7-16(11-17)12-25-15(3)10-14(2)24-25/h4-11H,12H2,1-3H3,(H,22,23,26). The van der Waals surface area contributed by atoms with Crippen LogP contribution in [0.5, 0.6) is 0 Å². The molecule has 136 valence electrons. The Morgan fingerprint density at radius 1 is 1.11 bits per heavy atom. The van der Waals surface area contributed by atoms with Gasteiger partial charge < -0.3 is 0 Å². The van der Waals surface area contributed by atoms with Crippen molar-refractivity contribution in [1.29, 1.82) is 0 Å². The number of carbonyl (C=O) groups excluding carboxylic acids is 1. The van der Waals surface area contributed by atoms with Gasteiger partial charge in [0.1, 0.15) is 0 Å². The van der Waals surface area contributed by atoms with Gasteiger partial charge in [-0.1, -0.05) is 35.6 Å². The van der Waals surface area contributed by atoms with Crippen LogP contribution < -0.4 is 5.32 Å². The van der Waals surface area contributed by atoms with E-state index >= 15 is 0 Å². The van der Waals surface area contributed by atoms with Gasteiger partial charge in [0.15, 0.2) is 5.13 Å². The third-order valence-corrected chi connectivity index (χ3v) is 5.40. The van der Waals surface area contributed by atoms with Crippen LogP contribution >= 0.6 is 11.3 Å². The van der Waals surface area contributed by atoms with Crippen LogP contribution in [0.25, 0.3) is 10.2 Å². The molecule has 0 radical (unpaired) electrons. The minimum absolute atomic E-state index is 0.151. The number of carbonyl (C=O) groups is 1. The summed E-state index contributed by atoms with van der Waals surface area (Å²) in [6, 6.07) is 15.7. The summed E-state index contributed by atoms with van der Waals surface area (Å²) in [5.74, 6) is -0.151. The van der Waals surface area contributed by atoms with Crippen LogP contribution in [0.4, 0.5) is 5.13 Å². The summed E-state index contributed by atoms with van der Waals surface area (Å²) in [6.45, 7) is 6.68. The maximum absolute atomic E-state index is 12.7. The van der Waals surface area contributed by atoms with Crippen molar-refractivity contribution >= 4 is 32.6 Å². The maximum Gasteiger partial charge on any atom is 0.257 e. The summed E-state index contributed by atoms with van der Waals surface area (Å²) in [5, 5.41) is 8.03. The molecule has 0 fully saturated rings. The zero-order valence-electron chi connectivity index (χ0n) is 15.5. The fourth-order valence-corrected chi connectivity index (χ4v) is 4.07. The van der Waals surface area contributed by atoms with Gasteiger partial charge in [-0.25, -0.2) is 4.98 Å². The average molecular weight is 376 g/mol. The molecule has 2 heterocycles. The molecule has 0 aliphatic heterocycles. The quantitative estimate of drug-likeness (QED) is 0.561. The number of rotatable bonds is 4. The van der Waals surface area contributed by atoms with Gasteiger partial charge >= 0.3 is 0 Å². The van der Waals surface area contributed by atoms with E-state index in [2.05, 4.69) is 15.4 Å². The van der Waals surface area contributed by atoms with E-state index in [0.717, 1.165) is 32.7 Å². The van der Waals surface area contributed by atoms with Gasteiger partial charge in [-0.15, -0.1) is 0 Å². The molecule has 1 amide bonds. The lowest BCUT2D eigenvalue weighted by Crippen LogP contribution is -2.12. The smallest absolute Gasteiger partial charge is 0.257 e. The Hall–Kier alpha value is -2.99. The highest BCUT2D eigenvalue weighted by molar-refractivity contribution is 7.22. The summed E-state index contributed by atoms with van der Waals surface area (Å²) in [5.41, 5.74) is 5.80. The molecule has 4 aromatic rings. The summed E-state index contributed by atoms with van der Waals surface area (Å²) in [7, 11) is 0. The van der Waals surface area contributed by atoms with Crippen LogP contribution in [0.15, 0.2) is 48.5 Å². The lowest BCUT2D eigenvalue weighted by Gasteiger charge is -2.07. The Morgan fingerprint density at radius 2 is 1.93 bits per heavy atom. The van der Waals surface area contributed by atoms with E-state index in [-0.39, 0.29) is 5.91 Å². The highest BCUT2D eigenvalue weighted by atomic mass is 32.1. The maximum atomic E-state index is 12.7. The number of para-hydroxylation sites is 1. The average Bonchev–Trinajstić information content (AvgIpc) is 3.18. The molecule has 5 nitrogen and oxygen atoms in total. The van der Waals surface area contributed by atoms with Crippen molar-refractivity contribution in [2.45, 2.75) is 27.3 Å². The van der Waals surface area contributed by atoms with Crippen LogP contribution in [0.3, 0.4) is 0 Å². The van der Waals surface area contributed by atoms with Gasteiger partial charge in [-0.3, -0.25) is 14.8 Å². The summed E-state index contributed by atoms with van der Waals surface area (Å²) in [6.07, 6.45) is 0. The highest BCUT2D eigenvalue weighted by Crippen LogP contribution is 2.28. The summed E-state index contributed by atoms with van der Waals surface area (Å²) < 4.78 is 3.02. The Bertz CT molecular complexity index is 1140. The Kier molecular flexibility index (Phi) is 4.49. The predicted octanol–water partition coefficient (Wildman–Crippen LogP) is 4.72. The molecule has 6 heteroatoms. The number of amides is 1. The van der Waals surface area contributed by atoms with Gasteiger partial charge in [0.25, 0.3) is 5.91 Å². The minimum Gasteiger partial charge on any atom is -0.298 e. The number of anilines is 1. The molecule has 4 rings (SSSR count). The van der Waals surface area contributed by atoms with Crippen LogP contribution in [0.2, 0.25) is 0 Å². The van der Waals surface area contributed by atoms with Crippen molar-refractivity contribution in [3.05, 3.63) is 76.6 Å². The predicted molar refractivity (Wildman–Crippen MR) is 110 cm³/mol. The van der Waals surface area contributed by atoms with E-state index in [0.29, 0.717) is 17.2 Å². The van der Waals surface area contributed by atoms with Crippen molar-refractivity contribution in [3.8, 4) is 0 Å². The molecule has 2 aromatic carbocycles. The monoisotopic (exact) mass is 376 g/mol. The van der Waals surface area contributed by atoms with E-state index in [1.165, 1.54) is 11.3 Å². The van der Waals surface area contributed by atoms with Crippen molar-refractivity contribution in [1.82, 2.24) is 14.8 Å². The number of thiazole rings is 1. The lowest BCUT2D eigenvalue weighted by molar-refractivity contribution is 0.102. The normalized spacial score (nSPS) is 11.1.